The zero-order valence-electron chi connectivity index (χ0n) is 12.4. The van der Waals surface area contributed by atoms with Gasteiger partial charge in [-0.15, -0.1) is 0 Å². The van der Waals surface area contributed by atoms with Crippen LogP contribution in [0.15, 0.2) is 12.1 Å². The smallest absolute Gasteiger partial charge is 0.134 e. The van der Waals surface area contributed by atoms with E-state index >= 15 is 0 Å². The maximum atomic E-state index is 10.7. The number of likely N-dealkylation sites (N-methyl/N-ethyl adjacent to an activating group) is 1. The van der Waals surface area contributed by atoms with Crippen molar-refractivity contribution in [3.05, 3.63) is 27.7 Å². The van der Waals surface area contributed by atoms with Gasteiger partial charge < -0.3 is 15.1 Å². The number of likely N-dealkylation sites (tertiary alicyclic amines) is 1. The van der Waals surface area contributed by atoms with Gasteiger partial charge in [-0.1, -0.05) is 23.2 Å². The van der Waals surface area contributed by atoms with Crippen LogP contribution in [0.2, 0.25) is 10.0 Å². The van der Waals surface area contributed by atoms with Crippen molar-refractivity contribution < 1.29 is 10.2 Å². The third-order valence-electron chi connectivity index (χ3n) is 3.79. The van der Waals surface area contributed by atoms with Gasteiger partial charge in [-0.25, -0.2) is 0 Å². The first-order valence-electron chi connectivity index (χ1n) is 7.06. The highest BCUT2D eigenvalue weighted by Crippen LogP contribution is 2.34. The SMILES string of the molecule is CN(C)C[C@]1(O)CCCN(Cc2c(Cl)ccc(O)c2Cl)C1. The highest BCUT2D eigenvalue weighted by molar-refractivity contribution is 6.36. The van der Waals surface area contributed by atoms with Gasteiger partial charge in [0.1, 0.15) is 5.75 Å². The van der Waals surface area contributed by atoms with Crippen molar-refractivity contribution in [1.82, 2.24) is 9.80 Å². The number of halogens is 2. The molecule has 118 valence electrons. The molecule has 2 rings (SSSR count). The lowest BCUT2D eigenvalue weighted by molar-refractivity contribution is -0.0479. The number of hydrogen-bond donors (Lipinski definition) is 2. The van der Waals surface area contributed by atoms with E-state index in [1.54, 1.807) is 6.07 Å². The van der Waals surface area contributed by atoms with Crippen molar-refractivity contribution in [3.8, 4) is 5.75 Å². The van der Waals surface area contributed by atoms with Crippen LogP contribution in [0, 0.1) is 0 Å². The number of benzene rings is 1. The number of β-amino-alcohol motifs (C(OH)–C–C–N with tert-alkyl or cyclic N) is 1. The van der Waals surface area contributed by atoms with E-state index in [9.17, 15) is 10.2 Å². The largest absolute Gasteiger partial charge is 0.506 e. The first-order valence-corrected chi connectivity index (χ1v) is 7.82. The van der Waals surface area contributed by atoms with Crippen LogP contribution in [0.4, 0.5) is 0 Å². The molecule has 1 aromatic carbocycles. The van der Waals surface area contributed by atoms with Gasteiger partial charge in [0, 0.05) is 30.2 Å². The lowest BCUT2D eigenvalue weighted by Gasteiger charge is -2.40. The van der Waals surface area contributed by atoms with Crippen molar-refractivity contribution in [1.29, 1.82) is 0 Å². The lowest BCUT2D eigenvalue weighted by Crippen LogP contribution is -2.52. The molecular formula is C15H22Cl2N2O2. The monoisotopic (exact) mass is 332 g/mol. The number of nitrogens with zero attached hydrogens (tertiary/aromatic N) is 2. The maximum Gasteiger partial charge on any atom is 0.134 e. The Bertz CT molecular complexity index is 511. The minimum Gasteiger partial charge on any atom is -0.506 e. The fourth-order valence-corrected chi connectivity index (χ4v) is 3.50. The predicted octanol–water partition coefficient (Wildman–Crippen LogP) is 2.59. The Balaban J connectivity index is 2.12. The second-order valence-electron chi connectivity index (χ2n) is 6.14. The molecule has 0 aliphatic carbocycles. The lowest BCUT2D eigenvalue weighted by atomic mass is 9.92. The van der Waals surface area contributed by atoms with E-state index in [2.05, 4.69) is 4.90 Å². The van der Waals surface area contributed by atoms with Gasteiger partial charge in [-0.2, -0.15) is 0 Å². The molecule has 0 unspecified atom stereocenters. The molecular weight excluding hydrogens is 311 g/mol. The standard InChI is InChI=1S/C15H22Cl2N2O2/c1-18(2)9-15(21)6-3-7-19(10-15)8-11-12(16)4-5-13(20)14(11)17/h4-5,20-21H,3,6-10H2,1-2H3/t15-/m1/s1. The zero-order valence-corrected chi connectivity index (χ0v) is 14.0. The Morgan fingerprint density at radius 1 is 1.33 bits per heavy atom. The molecule has 0 aromatic heterocycles. The Kier molecular flexibility index (Phi) is 5.38. The summed E-state index contributed by atoms with van der Waals surface area (Å²) in [7, 11) is 3.92. The van der Waals surface area contributed by atoms with E-state index in [1.165, 1.54) is 6.07 Å². The quantitative estimate of drug-likeness (QED) is 0.889. The summed E-state index contributed by atoms with van der Waals surface area (Å²) < 4.78 is 0. The average molecular weight is 333 g/mol. The predicted molar refractivity (Wildman–Crippen MR) is 86.1 cm³/mol. The van der Waals surface area contributed by atoms with Gasteiger partial charge in [-0.3, -0.25) is 4.90 Å². The average Bonchev–Trinajstić information content (AvgIpc) is 2.38. The summed E-state index contributed by atoms with van der Waals surface area (Å²) in [6.45, 7) is 2.62. The molecule has 1 atom stereocenters. The molecule has 1 aliphatic heterocycles. The summed E-state index contributed by atoms with van der Waals surface area (Å²) in [5, 5.41) is 21.2. The molecule has 21 heavy (non-hydrogen) atoms. The summed E-state index contributed by atoms with van der Waals surface area (Å²) in [6, 6.07) is 3.14. The summed E-state index contributed by atoms with van der Waals surface area (Å²) in [6.07, 6.45) is 1.72. The van der Waals surface area contributed by atoms with Gasteiger partial charge in [0.25, 0.3) is 0 Å². The third kappa shape index (κ3) is 4.24. The summed E-state index contributed by atoms with van der Waals surface area (Å²) in [4.78, 5) is 4.14. The van der Waals surface area contributed by atoms with E-state index < -0.39 is 5.60 Å². The number of hydrogen-bond acceptors (Lipinski definition) is 4. The first-order chi connectivity index (χ1) is 9.81. The number of aromatic hydroxyl groups is 1. The summed E-state index contributed by atoms with van der Waals surface area (Å²) >= 11 is 12.3. The first kappa shape index (κ1) is 16.8. The van der Waals surface area contributed by atoms with Gasteiger partial charge in [0.2, 0.25) is 0 Å². The van der Waals surface area contributed by atoms with Crippen LogP contribution in [0.3, 0.4) is 0 Å². The Morgan fingerprint density at radius 3 is 2.71 bits per heavy atom. The molecule has 1 aromatic rings. The molecule has 1 saturated heterocycles. The van der Waals surface area contributed by atoms with E-state index in [0.29, 0.717) is 35.2 Å². The van der Waals surface area contributed by atoms with Crippen LogP contribution in [-0.2, 0) is 6.54 Å². The molecule has 1 aliphatic rings. The molecule has 0 saturated carbocycles. The van der Waals surface area contributed by atoms with Crippen LogP contribution in [0.1, 0.15) is 18.4 Å². The normalized spacial score (nSPS) is 23.7. The van der Waals surface area contributed by atoms with Crippen molar-refractivity contribution in [2.45, 2.75) is 25.0 Å². The topological polar surface area (TPSA) is 46.9 Å². The van der Waals surface area contributed by atoms with Gasteiger partial charge in [0.05, 0.1) is 10.6 Å². The van der Waals surface area contributed by atoms with E-state index in [0.717, 1.165) is 19.4 Å². The second kappa shape index (κ2) is 6.71. The second-order valence-corrected chi connectivity index (χ2v) is 6.92. The van der Waals surface area contributed by atoms with Gasteiger partial charge >= 0.3 is 0 Å². The molecule has 1 fully saturated rings. The molecule has 2 N–H and O–H groups in total. The van der Waals surface area contributed by atoms with Crippen molar-refractivity contribution >= 4 is 23.2 Å². The molecule has 0 spiro atoms. The third-order valence-corrected chi connectivity index (χ3v) is 4.57. The number of rotatable bonds is 4. The maximum absolute atomic E-state index is 10.7. The highest BCUT2D eigenvalue weighted by atomic mass is 35.5. The number of phenolic OH excluding ortho intramolecular Hbond substituents is 1. The minimum atomic E-state index is -0.711. The summed E-state index contributed by atoms with van der Waals surface area (Å²) in [5.41, 5.74) is 0.00443. The van der Waals surface area contributed by atoms with E-state index in [4.69, 9.17) is 23.2 Å². The Morgan fingerprint density at radius 2 is 2.05 bits per heavy atom. The molecule has 0 radical (unpaired) electrons. The Hall–Kier alpha value is -0.520. The molecule has 1 heterocycles. The number of phenols is 1. The van der Waals surface area contributed by atoms with E-state index in [-0.39, 0.29) is 5.75 Å². The molecule has 0 bridgehead atoms. The fraction of sp³-hybridized carbons (Fsp3) is 0.600. The molecule has 6 heteroatoms. The van der Waals surface area contributed by atoms with Crippen LogP contribution >= 0.6 is 23.2 Å². The van der Waals surface area contributed by atoms with Gasteiger partial charge in [0.15, 0.2) is 0 Å². The zero-order chi connectivity index (χ0) is 15.6. The molecule has 0 amide bonds. The van der Waals surface area contributed by atoms with Crippen LogP contribution in [0.25, 0.3) is 0 Å². The van der Waals surface area contributed by atoms with Crippen LogP contribution < -0.4 is 0 Å². The van der Waals surface area contributed by atoms with Crippen molar-refractivity contribution in [3.63, 3.8) is 0 Å². The number of aliphatic hydroxyl groups is 1. The fourth-order valence-electron chi connectivity index (χ4n) is 3.01. The van der Waals surface area contributed by atoms with Crippen molar-refractivity contribution in [2.75, 3.05) is 33.7 Å². The van der Waals surface area contributed by atoms with Gasteiger partial charge in [-0.05, 0) is 45.6 Å². The summed E-state index contributed by atoms with van der Waals surface area (Å²) in [5.74, 6) is 0.0385. The Labute approximate surface area is 135 Å². The minimum absolute atomic E-state index is 0.0385. The number of piperidine rings is 1. The van der Waals surface area contributed by atoms with Crippen molar-refractivity contribution in [2.24, 2.45) is 0 Å². The molecule has 4 nitrogen and oxygen atoms in total. The highest BCUT2D eigenvalue weighted by Gasteiger charge is 2.34. The van der Waals surface area contributed by atoms with Crippen LogP contribution in [-0.4, -0.2) is 59.3 Å². The van der Waals surface area contributed by atoms with E-state index in [1.807, 2.05) is 19.0 Å². The van der Waals surface area contributed by atoms with Crippen LogP contribution in [0.5, 0.6) is 5.75 Å².